The molecule has 1 aliphatic rings. The quantitative estimate of drug-likeness (QED) is 0.243. The normalized spacial score (nSPS) is 15.2. The number of alkyl halides is 2. The lowest BCUT2D eigenvalue weighted by atomic mass is 10.1. The number of rotatable bonds is 9. The van der Waals surface area contributed by atoms with Gasteiger partial charge in [0.25, 0.3) is 11.8 Å². The van der Waals surface area contributed by atoms with Crippen molar-refractivity contribution in [2.75, 3.05) is 31.6 Å². The van der Waals surface area contributed by atoms with Gasteiger partial charge in [0, 0.05) is 18.0 Å². The first-order valence-corrected chi connectivity index (χ1v) is 13.8. The smallest absolute Gasteiger partial charge is 0.436 e. The fraction of sp³-hybridized carbons (Fsp3) is 0.276. The molecule has 3 N–H and O–H groups in total. The van der Waals surface area contributed by atoms with Crippen molar-refractivity contribution in [3.05, 3.63) is 60.3 Å². The van der Waals surface area contributed by atoms with E-state index in [4.69, 9.17) is 10.00 Å². The molecule has 3 heterocycles. The average molecular weight is 634 g/mol. The molecular formula is C29H25F2N9O6. The number of aromatic nitrogens is 4. The van der Waals surface area contributed by atoms with E-state index in [1.807, 2.05) is 0 Å². The third-order valence-corrected chi connectivity index (χ3v) is 6.95. The summed E-state index contributed by atoms with van der Waals surface area (Å²) in [6.45, 7) is -2.20. The highest BCUT2D eigenvalue weighted by molar-refractivity contribution is 6.11. The van der Waals surface area contributed by atoms with Crippen molar-refractivity contribution in [3.63, 3.8) is 0 Å². The molecule has 0 saturated carbocycles. The lowest BCUT2D eigenvalue weighted by Crippen LogP contribution is -2.43. The SMILES string of the molecule is N#CC1CC(F)(F)CN1C(=O)CNC(=O)c1ccnc2c(NC(=O)CNC(=O)CCOC(=O)n3nnc4ccccc43)cccc12. The second-order valence-corrected chi connectivity index (χ2v) is 10.1. The number of anilines is 1. The van der Waals surface area contributed by atoms with Crippen LogP contribution in [0.15, 0.2) is 54.7 Å². The molecule has 2 aromatic heterocycles. The highest BCUT2D eigenvalue weighted by Crippen LogP contribution is 2.31. The molecule has 0 spiro atoms. The maximum absolute atomic E-state index is 13.7. The number of nitriles is 1. The zero-order valence-electron chi connectivity index (χ0n) is 23.9. The van der Waals surface area contributed by atoms with Crippen molar-refractivity contribution in [2.45, 2.75) is 24.8 Å². The van der Waals surface area contributed by atoms with Gasteiger partial charge in [-0.3, -0.25) is 24.2 Å². The molecule has 0 bridgehead atoms. The van der Waals surface area contributed by atoms with E-state index in [1.54, 1.807) is 42.5 Å². The first-order valence-electron chi connectivity index (χ1n) is 13.8. The van der Waals surface area contributed by atoms with E-state index in [-0.39, 0.29) is 29.8 Å². The van der Waals surface area contributed by atoms with Crippen LogP contribution in [-0.2, 0) is 19.1 Å². The summed E-state index contributed by atoms with van der Waals surface area (Å²) in [6, 6.07) is 13.2. The number of para-hydroxylation sites is 2. The maximum atomic E-state index is 13.7. The van der Waals surface area contributed by atoms with E-state index < -0.39 is 67.7 Å². The van der Waals surface area contributed by atoms with Crippen LogP contribution in [0.4, 0.5) is 19.3 Å². The van der Waals surface area contributed by atoms with Crippen LogP contribution in [0, 0.1) is 11.3 Å². The topological polar surface area (TPSA) is 201 Å². The summed E-state index contributed by atoms with van der Waals surface area (Å²) in [7, 11) is 0. The Morgan fingerprint density at radius 3 is 2.63 bits per heavy atom. The van der Waals surface area contributed by atoms with E-state index in [0.717, 1.165) is 9.58 Å². The highest BCUT2D eigenvalue weighted by atomic mass is 19.3. The van der Waals surface area contributed by atoms with Crippen LogP contribution in [0.5, 0.6) is 0 Å². The molecule has 2 aromatic carbocycles. The lowest BCUT2D eigenvalue weighted by molar-refractivity contribution is -0.131. The van der Waals surface area contributed by atoms with Gasteiger partial charge < -0.3 is 25.6 Å². The predicted octanol–water partition coefficient (Wildman–Crippen LogP) is 1.60. The van der Waals surface area contributed by atoms with Crippen molar-refractivity contribution in [1.82, 2.24) is 35.5 Å². The molecule has 1 saturated heterocycles. The number of nitrogens with one attached hydrogen (secondary N) is 3. The fourth-order valence-electron chi connectivity index (χ4n) is 4.78. The van der Waals surface area contributed by atoms with Gasteiger partial charge in [-0.05, 0) is 24.3 Å². The van der Waals surface area contributed by atoms with E-state index in [0.29, 0.717) is 16.4 Å². The first kappa shape index (κ1) is 31.4. The lowest BCUT2D eigenvalue weighted by Gasteiger charge is -2.19. The number of benzene rings is 2. The molecule has 1 atom stereocenters. The van der Waals surface area contributed by atoms with Gasteiger partial charge in [0.2, 0.25) is 17.7 Å². The van der Waals surface area contributed by atoms with Gasteiger partial charge in [0.15, 0.2) is 0 Å². The molecule has 5 rings (SSSR count). The number of pyridine rings is 1. The number of ether oxygens (including phenoxy) is 1. The third-order valence-electron chi connectivity index (χ3n) is 6.95. The van der Waals surface area contributed by atoms with Crippen LogP contribution >= 0.6 is 0 Å². The molecular weight excluding hydrogens is 608 g/mol. The van der Waals surface area contributed by atoms with Gasteiger partial charge in [-0.25, -0.2) is 13.6 Å². The van der Waals surface area contributed by atoms with Crippen LogP contribution in [0.3, 0.4) is 0 Å². The largest absolute Gasteiger partial charge is 0.447 e. The van der Waals surface area contributed by atoms with E-state index in [2.05, 4.69) is 31.2 Å². The van der Waals surface area contributed by atoms with Crippen LogP contribution in [0.2, 0.25) is 0 Å². The van der Waals surface area contributed by atoms with Crippen LogP contribution in [0.1, 0.15) is 23.2 Å². The minimum Gasteiger partial charge on any atom is -0.447 e. The Bertz CT molecular complexity index is 1890. The highest BCUT2D eigenvalue weighted by Gasteiger charge is 2.47. The number of carbonyl (C=O) groups is 5. The minimum absolute atomic E-state index is 0.0965. The van der Waals surface area contributed by atoms with Gasteiger partial charge in [0.1, 0.15) is 23.7 Å². The van der Waals surface area contributed by atoms with Gasteiger partial charge >= 0.3 is 6.09 Å². The summed E-state index contributed by atoms with van der Waals surface area (Å²) in [5.41, 5.74) is 1.51. The number of amides is 4. The predicted molar refractivity (Wildman–Crippen MR) is 155 cm³/mol. The van der Waals surface area contributed by atoms with Gasteiger partial charge in [-0.15, -0.1) is 9.78 Å². The first-order chi connectivity index (χ1) is 22.1. The number of hydrogen-bond acceptors (Lipinski definition) is 10. The van der Waals surface area contributed by atoms with Gasteiger partial charge in [-0.2, -0.15) is 5.26 Å². The summed E-state index contributed by atoms with van der Waals surface area (Å²) < 4.78 is 33.4. The number of fused-ring (bicyclic) bond motifs is 2. The van der Waals surface area contributed by atoms with Crippen molar-refractivity contribution in [3.8, 4) is 6.07 Å². The Kier molecular flexibility index (Phi) is 9.07. The summed E-state index contributed by atoms with van der Waals surface area (Å²) in [5, 5.41) is 24.4. The summed E-state index contributed by atoms with van der Waals surface area (Å²) >= 11 is 0. The van der Waals surface area contributed by atoms with Crippen molar-refractivity contribution < 1.29 is 37.5 Å². The Morgan fingerprint density at radius 1 is 1.02 bits per heavy atom. The summed E-state index contributed by atoms with van der Waals surface area (Å²) in [4.78, 5) is 67.4. The van der Waals surface area contributed by atoms with Crippen molar-refractivity contribution >= 4 is 57.3 Å². The molecule has 15 nitrogen and oxygen atoms in total. The summed E-state index contributed by atoms with van der Waals surface area (Å²) in [6.07, 6.45) is -0.493. The van der Waals surface area contributed by atoms with Gasteiger partial charge in [0.05, 0.1) is 48.9 Å². The molecule has 4 amide bonds. The molecule has 1 aliphatic heterocycles. The van der Waals surface area contributed by atoms with E-state index >= 15 is 0 Å². The molecule has 0 aliphatic carbocycles. The maximum Gasteiger partial charge on any atom is 0.436 e. The molecule has 17 heteroatoms. The minimum atomic E-state index is -3.19. The zero-order chi connectivity index (χ0) is 32.8. The standard InChI is InChI=1S/C29H25F2N9O6/c30-29(31)12-17(13-32)39(16-29)25(43)15-35-27(44)19-8-10-33-26-18(19)4-3-6-21(26)36-24(42)14-34-23(41)9-11-46-28(45)40-22-7-2-1-5-20(22)37-38-40/h1-8,10,17H,9,11-12,14-16H2,(H,34,41)(H,35,44)(H,36,42). The second kappa shape index (κ2) is 13.3. The Morgan fingerprint density at radius 2 is 1.83 bits per heavy atom. The number of hydrogen-bond donors (Lipinski definition) is 3. The molecule has 46 heavy (non-hydrogen) atoms. The number of likely N-dealkylation sites (tertiary alicyclic amines) is 1. The number of halogens is 2. The second-order valence-electron chi connectivity index (χ2n) is 10.1. The molecule has 0 radical (unpaired) electrons. The fourth-order valence-corrected chi connectivity index (χ4v) is 4.78. The van der Waals surface area contributed by atoms with E-state index in [9.17, 15) is 32.8 Å². The number of nitrogens with zero attached hydrogens (tertiary/aromatic N) is 6. The van der Waals surface area contributed by atoms with Crippen LogP contribution < -0.4 is 16.0 Å². The molecule has 1 fully saturated rings. The third kappa shape index (κ3) is 7.01. The summed E-state index contributed by atoms with van der Waals surface area (Å²) in [5.74, 6) is -5.88. The average Bonchev–Trinajstić information content (AvgIpc) is 3.62. The zero-order valence-corrected chi connectivity index (χ0v) is 23.9. The van der Waals surface area contributed by atoms with Crippen molar-refractivity contribution in [2.24, 2.45) is 0 Å². The molecule has 1 unspecified atom stereocenters. The van der Waals surface area contributed by atoms with Crippen LogP contribution in [0.25, 0.3) is 21.9 Å². The Balaban J connectivity index is 1.12. The number of carbonyl (C=O) groups excluding carboxylic acids is 5. The van der Waals surface area contributed by atoms with Gasteiger partial charge in [-0.1, -0.05) is 29.5 Å². The Labute approximate surface area is 258 Å². The Hall–Kier alpha value is -6.05. The monoisotopic (exact) mass is 633 g/mol. The molecule has 236 valence electrons. The van der Waals surface area contributed by atoms with Crippen molar-refractivity contribution in [1.29, 1.82) is 5.26 Å². The van der Waals surface area contributed by atoms with Crippen LogP contribution in [-0.4, -0.2) is 92.8 Å². The molecule has 4 aromatic rings. The van der Waals surface area contributed by atoms with E-state index in [1.165, 1.54) is 18.3 Å².